The SMILES string of the molecule is CC[C@H](C(=O)NC)N(Cc1ccccc1C)C(=O)COc1ccc(C)cc1C. The largest absolute Gasteiger partial charge is 0.483 e. The van der Waals surface area contributed by atoms with Crippen LogP contribution in [0, 0.1) is 20.8 Å². The second kappa shape index (κ2) is 9.93. The third kappa shape index (κ3) is 5.35. The number of nitrogens with zero attached hydrogens (tertiary/aromatic N) is 1. The van der Waals surface area contributed by atoms with Crippen LogP contribution in [0.4, 0.5) is 0 Å². The van der Waals surface area contributed by atoms with Crippen LogP contribution in [0.1, 0.15) is 35.6 Å². The smallest absolute Gasteiger partial charge is 0.261 e. The van der Waals surface area contributed by atoms with Crippen LogP contribution in [0.15, 0.2) is 42.5 Å². The molecule has 0 radical (unpaired) electrons. The molecule has 0 saturated heterocycles. The monoisotopic (exact) mass is 382 g/mol. The zero-order valence-corrected chi connectivity index (χ0v) is 17.4. The molecule has 0 unspecified atom stereocenters. The summed E-state index contributed by atoms with van der Waals surface area (Å²) in [6.45, 7) is 8.14. The number of rotatable bonds is 8. The average Bonchev–Trinajstić information content (AvgIpc) is 2.68. The predicted octanol–water partition coefficient (Wildman–Crippen LogP) is 3.54. The number of carbonyl (C=O) groups excluding carboxylic acids is 2. The molecule has 2 amide bonds. The average molecular weight is 383 g/mol. The number of hydrogen-bond acceptors (Lipinski definition) is 3. The molecule has 150 valence electrons. The summed E-state index contributed by atoms with van der Waals surface area (Å²) in [6.07, 6.45) is 0.529. The molecule has 0 spiro atoms. The first-order chi connectivity index (χ1) is 13.4. The van der Waals surface area contributed by atoms with Gasteiger partial charge in [0.1, 0.15) is 11.8 Å². The molecule has 28 heavy (non-hydrogen) atoms. The lowest BCUT2D eigenvalue weighted by Gasteiger charge is -2.30. The van der Waals surface area contributed by atoms with Gasteiger partial charge >= 0.3 is 0 Å². The van der Waals surface area contributed by atoms with E-state index in [1.807, 2.05) is 70.2 Å². The van der Waals surface area contributed by atoms with Gasteiger partial charge in [-0.05, 0) is 49.9 Å². The molecular weight excluding hydrogens is 352 g/mol. The minimum absolute atomic E-state index is 0.108. The van der Waals surface area contributed by atoms with Crippen molar-refractivity contribution in [3.05, 3.63) is 64.7 Å². The first-order valence-electron chi connectivity index (χ1n) is 9.63. The summed E-state index contributed by atoms with van der Waals surface area (Å²) in [5.41, 5.74) is 4.23. The quantitative estimate of drug-likeness (QED) is 0.760. The van der Waals surface area contributed by atoms with Crippen molar-refractivity contribution in [3.8, 4) is 5.75 Å². The lowest BCUT2D eigenvalue weighted by molar-refractivity contribution is -0.142. The first-order valence-corrected chi connectivity index (χ1v) is 9.63. The van der Waals surface area contributed by atoms with Crippen LogP contribution in [-0.2, 0) is 16.1 Å². The van der Waals surface area contributed by atoms with Crippen LogP contribution in [0.3, 0.4) is 0 Å². The fourth-order valence-corrected chi connectivity index (χ4v) is 3.24. The van der Waals surface area contributed by atoms with Crippen molar-refractivity contribution in [1.29, 1.82) is 0 Å². The van der Waals surface area contributed by atoms with Crippen molar-refractivity contribution >= 4 is 11.8 Å². The molecule has 2 aromatic carbocycles. The maximum Gasteiger partial charge on any atom is 0.261 e. The number of amides is 2. The van der Waals surface area contributed by atoms with E-state index in [2.05, 4.69) is 5.32 Å². The zero-order chi connectivity index (χ0) is 20.7. The molecule has 2 aromatic rings. The molecule has 1 atom stereocenters. The number of nitrogens with one attached hydrogen (secondary N) is 1. The van der Waals surface area contributed by atoms with E-state index < -0.39 is 6.04 Å². The Labute approximate surface area is 167 Å². The molecule has 0 bridgehead atoms. The second-order valence-electron chi connectivity index (χ2n) is 7.04. The lowest BCUT2D eigenvalue weighted by atomic mass is 10.1. The summed E-state index contributed by atoms with van der Waals surface area (Å²) >= 11 is 0. The molecule has 0 fully saturated rings. The van der Waals surface area contributed by atoms with Gasteiger partial charge in [0, 0.05) is 13.6 Å². The Morgan fingerprint density at radius 1 is 1.07 bits per heavy atom. The standard InChI is InChI=1S/C23H30N2O3/c1-6-20(23(27)24-5)25(14-19-10-8-7-9-17(19)3)22(26)15-28-21-12-11-16(2)13-18(21)4/h7-13,20H,6,14-15H2,1-5H3,(H,24,27)/t20-/m1/s1. The van der Waals surface area contributed by atoms with Crippen molar-refractivity contribution in [2.24, 2.45) is 0 Å². The lowest BCUT2D eigenvalue weighted by Crippen LogP contribution is -2.49. The van der Waals surface area contributed by atoms with Crippen molar-refractivity contribution in [1.82, 2.24) is 10.2 Å². The van der Waals surface area contributed by atoms with Gasteiger partial charge in [-0.25, -0.2) is 0 Å². The number of benzene rings is 2. The Balaban J connectivity index is 2.22. The van der Waals surface area contributed by atoms with Gasteiger partial charge in [0.25, 0.3) is 5.91 Å². The van der Waals surface area contributed by atoms with Gasteiger partial charge < -0.3 is 15.0 Å². The summed E-state index contributed by atoms with van der Waals surface area (Å²) in [7, 11) is 1.59. The fourth-order valence-electron chi connectivity index (χ4n) is 3.24. The van der Waals surface area contributed by atoms with E-state index in [1.165, 1.54) is 0 Å². The molecule has 0 aliphatic rings. The highest BCUT2D eigenvalue weighted by molar-refractivity contribution is 5.88. The molecular formula is C23H30N2O3. The van der Waals surface area contributed by atoms with Crippen LogP contribution in [0.25, 0.3) is 0 Å². The van der Waals surface area contributed by atoms with Crippen LogP contribution < -0.4 is 10.1 Å². The van der Waals surface area contributed by atoms with E-state index in [-0.39, 0.29) is 18.4 Å². The summed E-state index contributed by atoms with van der Waals surface area (Å²) < 4.78 is 5.79. The Morgan fingerprint density at radius 3 is 2.39 bits per heavy atom. The molecule has 0 aliphatic carbocycles. The predicted molar refractivity (Wildman–Crippen MR) is 111 cm³/mol. The molecule has 1 N–H and O–H groups in total. The summed E-state index contributed by atoms with van der Waals surface area (Å²) in [5, 5.41) is 2.67. The van der Waals surface area contributed by atoms with Gasteiger partial charge in [-0.3, -0.25) is 9.59 Å². The highest BCUT2D eigenvalue weighted by Gasteiger charge is 2.28. The van der Waals surface area contributed by atoms with E-state index in [4.69, 9.17) is 4.74 Å². The Kier molecular flexibility index (Phi) is 7.61. The van der Waals surface area contributed by atoms with Gasteiger partial charge in [-0.1, -0.05) is 48.9 Å². The van der Waals surface area contributed by atoms with E-state index in [9.17, 15) is 9.59 Å². The maximum absolute atomic E-state index is 13.1. The number of likely N-dealkylation sites (N-methyl/N-ethyl adjacent to an activating group) is 1. The highest BCUT2D eigenvalue weighted by Crippen LogP contribution is 2.20. The van der Waals surface area contributed by atoms with Gasteiger partial charge in [0.05, 0.1) is 0 Å². The van der Waals surface area contributed by atoms with Crippen molar-refractivity contribution in [2.75, 3.05) is 13.7 Å². The van der Waals surface area contributed by atoms with Crippen LogP contribution in [0.2, 0.25) is 0 Å². The van der Waals surface area contributed by atoms with E-state index >= 15 is 0 Å². The van der Waals surface area contributed by atoms with Crippen LogP contribution >= 0.6 is 0 Å². The third-order valence-electron chi connectivity index (χ3n) is 4.92. The number of ether oxygens (including phenoxy) is 1. The van der Waals surface area contributed by atoms with E-state index in [1.54, 1.807) is 11.9 Å². The van der Waals surface area contributed by atoms with Gasteiger partial charge in [0.2, 0.25) is 5.91 Å². The number of aryl methyl sites for hydroxylation is 3. The van der Waals surface area contributed by atoms with Gasteiger partial charge in [-0.15, -0.1) is 0 Å². The maximum atomic E-state index is 13.1. The number of hydrogen-bond donors (Lipinski definition) is 1. The Morgan fingerprint density at radius 2 is 1.79 bits per heavy atom. The molecule has 2 rings (SSSR count). The molecule has 5 nitrogen and oxygen atoms in total. The topological polar surface area (TPSA) is 58.6 Å². The first kappa shape index (κ1) is 21.5. The zero-order valence-electron chi connectivity index (χ0n) is 17.4. The molecule has 0 aliphatic heterocycles. The highest BCUT2D eigenvalue weighted by atomic mass is 16.5. The molecule has 5 heteroatoms. The van der Waals surface area contributed by atoms with Crippen LogP contribution in [-0.4, -0.2) is 36.4 Å². The third-order valence-corrected chi connectivity index (χ3v) is 4.92. The fraction of sp³-hybridized carbons (Fsp3) is 0.391. The second-order valence-corrected chi connectivity index (χ2v) is 7.04. The normalized spacial score (nSPS) is 11.6. The van der Waals surface area contributed by atoms with E-state index in [0.717, 1.165) is 22.3 Å². The van der Waals surface area contributed by atoms with Gasteiger partial charge in [-0.2, -0.15) is 0 Å². The molecule has 0 heterocycles. The van der Waals surface area contributed by atoms with Crippen molar-refractivity contribution in [2.45, 2.75) is 46.7 Å². The Hall–Kier alpha value is -2.82. The minimum atomic E-state index is -0.542. The Bertz CT molecular complexity index is 832. The van der Waals surface area contributed by atoms with Crippen molar-refractivity contribution in [3.63, 3.8) is 0 Å². The van der Waals surface area contributed by atoms with E-state index in [0.29, 0.717) is 18.7 Å². The van der Waals surface area contributed by atoms with Crippen LogP contribution in [0.5, 0.6) is 5.75 Å². The van der Waals surface area contributed by atoms with Crippen molar-refractivity contribution < 1.29 is 14.3 Å². The molecule has 0 saturated carbocycles. The molecule has 0 aromatic heterocycles. The summed E-state index contributed by atoms with van der Waals surface area (Å²) in [5.74, 6) is 0.303. The summed E-state index contributed by atoms with van der Waals surface area (Å²) in [6, 6.07) is 13.2. The number of carbonyl (C=O) groups is 2. The van der Waals surface area contributed by atoms with Gasteiger partial charge in [0.15, 0.2) is 6.61 Å². The summed E-state index contributed by atoms with van der Waals surface area (Å²) in [4.78, 5) is 27.1. The minimum Gasteiger partial charge on any atom is -0.483 e.